The van der Waals surface area contributed by atoms with Crippen molar-refractivity contribution in [2.75, 3.05) is 24.7 Å². The molecule has 0 bridgehead atoms. The Morgan fingerprint density at radius 2 is 1.86 bits per heavy atom. The van der Waals surface area contributed by atoms with Crippen LogP contribution >= 0.6 is 0 Å². The number of hydrogen-bond acceptors (Lipinski definition) is 6. The standard InChI is InChI=1S/C21H25NO5S/c23-14-18-8-4-5-9-21(18)27-15-20(24)13-22(12-17-6-2-1-3-7-17)19-10-11-28(25,26)16-19/h1-9,14,19-20,24H,10-13,15-16H2. The summed E-state index contributed by atoms with van der Waals surface area (Å²) >= 11 is 0. The van der Waals surface area contributed by atoms with Gasteiger partial charge in [0, 0.05) is 19.1 Å². The lowest BCUT2D eigenvalue weighted by Gasteiger charge is -2.30. The molecule has 0 aromatic heterocycles. The largest absolute Gasteiger partial charge is 0.490 e. The molecule has 1 fully saturated rings. The van der Waals surface area contributed by atoms with E-state index in [4.69, 9.17) is 4.74 Å². The number of rotatable bonds is 9. The third kappa shape index (κ3) is 5.64. The van der Waals surface area contributed by atoms with Gasteiger partial charge < -0.3 is 9.84 Å². The van der Waals surface area contributed by atoms with Gasteiger partial charge in [-0.25, -0.2) is 8.42 Å². The fourth-order valence-corrected chi connectivity index (χ4v) is 5.20. The summed E-state index contributed by atoms with van der Waals surface area (Å²) in [6, 6.07) is 16.5. The molecule has 6 nitrogen and oxygen atoms in total. The lowest BCUT2D eigenvalue weighted by Crippen LogP contribution is -2.42. The molecule has 0 spiro atoms. The second-order valence-corrected chi connectivity index (χ2v) is 9.32. The van der Waals surface area contributed by atoms with Crippen LogP contribution < -0.4 is 4.74 Å². The van der Waals surface area contributed by atoms with Crippen LogP contribution in [-0.4, -0.2) is 61.5 Å². The molecule has 1 heterocycles. The molecule has 1 saturated heterocycles. The third-order valence-electron chi connectivity index (χ3n) is 4.88. The van der Waals surface area contributed by atoms with Crippen molar-refractivity contribution in [1.29, 1.82) is 0 Å². The molecule has 0 saturated carbocycles. The van der Waals surface area contributed by atoms with Crippen LogP contribution in [-0.2, 0) is 16.4 Å². The van der Waals surface area contributed by atoms with Crippen molar-refractivity contribution in [3.05, 3.63) is 65.7 Å². The molecule has 1 N–H and O–H groups in total. The highest BCUT2D eigenvalue weighted by Crippen LogP contribution is 2.21. The summed E-state index contributed by atoms with van der Waals surface area (Å²) in [7, 11) is -3.03. The van der Waals surface area contributed by atoms with E-state index in [2.05, 4.69) is 0 Å². The van der Waals surface area contributed by atoms with E-state index in [0.717, 1.165) is 5.56 Å². The van der Waals surface area contributed by atoms with Crippen LogP contribution in [0.4, 0.5) is 0 Å². The van der Waals surface area contributed by atoms with Gasteiger partial charge in [0.05, 0.1) is 17.1 Å². The zero-order valence-corrected chi connectivity index (χ0v) is 16.4. The Bertz CT molecular complexity index is 885. The van der Waals surface area contributed by atoms with Gasteiger partial charge >= 0.3 is 0 Å². The minimum Gasteiger partial charge on any atom is -0.490 e. The van der Waals surface area contributed by atoms with Gasteiger partial charge in [0.1, 0.15) is 18.5 Å². The summed E-state index contributed by atoms with van der Waals surface area (Å²) in [5.41, 5.74) is 1.49. The first-order valence-corrected chi connectivity index (χ1v) is 11.1. The molecule has 2 atom stereocenters. The lowest BCUT2D eigenvalue weighted by atomic mass is 10.1. The second-order valence-electron chi connectivity index (χ2n) is 7.09. The number of hydrogen-bond donors (Lipinski definition) is 1. The van der Waals surface area contributed by atoms with Crippen molar-refractivity contribution in [1.82, 2.24) is 4.90 Å². The van der Waals surface area contributed by atoms with E-state index in [0.29, 0.717) is 37.1 Å². The fraction of sp³-hybridized carbons (Fsp3) is 0.381. The van der Waals surface area contributed by atoms with Crippen molar-refractivity contribution in [3.63, 3.8) is 0 Å². The maximum absolute atomic E-state index is 11.9. The van der Waals surface area contributed by atoms with Crippen LogP contribution in [0.3, 0.4) is 0 Å². The Balaban J connectivity index is 1.65. The first-order chi connectivity index (χ1) is 13.5. The molecule has 150 valence electrons. The Morgan fingerprint density at radius 1 is 1.14 bits per heavy atom. The summed E-state index contributed by atoms with van der Waals surface area (Å²) in [6.07, 6.45) is 0.468. The summed E-state index contributed by atoms with van der Waals surface area (Å²) in [4.78, 5) is 13.1. The van der Waals surface area contributed by atoms with E-state index in [1.165, 1.54) is 0 Å². The van der Waals surface area contributed by atoms with Gasteiger partial charge in [-0.3, -0.25) is 9.69 Å². The van der Waals surface area contributed by atoms with E-state index in [9.17, 15) is 18.3 Å². The van der Waals surface area contributed by atoms with Gasteiger partial charge in [-0.05, 0) is 24.1 Å². The monoisotopic (exact) mass is 403 g/mol. The molecule has 3 rings (SSSR count). The zero-order chi connectivity index (χ0) is 20.0. The average Bonchev–Trinajstić information content (AvgIpc) is 3.06. The van der Waals surface area contributed by atoms with Gasteiger partial charge in [-0.2, -0.15) is 0 Å². The molecule has 2 aromatic rings. The number of aldehydes is 1. The highest BCUT2D eigenvalue weighted by atomic mass is 32.2. The molecule has 0 aliphatic carbocycles. The predicted octanol–water partition coefficient (Wildman–Crippen LogP) is 1.93. The van der Waals surface area contributed by atoms with E-state index in [1.807, 2.05) is 35.2 Å². The van der Waals surface area contributed by atoms with Crippen molar-refractivity contribution in [2.24, 2.45) is 0 Å². The summed E-state index contributed by atoms with van der Waals surface area (Å²) in [5, 5.41) is 10.5. The third-order valence-corrected chi connectivity index (χ3v) is 6.63. The molecular weight excluding hydrogens is 378 g/mol. The highest BCUT2D eigenvalue weighted by molar-refractivity contribution is 7.91. The molecule has 28 heavy (non-hydrogen) atoms. The van der Waals surface area contributed by atoms with Crippen molar-refractivity contribution < 1.29 is 23.1 Å². The van der Waals surface area contributed by atoms with Crippen molar-refractivity contribution in [3.8, 4) is 5.75 Å². The number of ether oxygens (including phenoxy) is 1. The van der Waals surface area contributed by atoms with Gasteiger partial charge in [0.15, 0.2) is 16.1 Å². The van der Waals surface area contributed by atoms with E-state index in [1.54, 1.807) is 24.3 Å². The number of carbonyl (C=O) groups excluding carboxylic acids is 1. The molecular formula is C21H25NO5S. The Kier molecular flexibility index (Phi) is 6.83. The number of aliphatic hydroxyl groups is 1. The summed E-state index contributed by atoms with van der Waals surface area (Å²) < 4.78 is 29.5. The van der Waals surface area contributed by atoms with E-state index in [-0.39, 0.29) is 24.2 Å². The van der Waals surface area contributed by atoms with Crippen LogP contribution in [0.15, 0.2) is 54.6 Å². The lowest BCUT2D eigenvalue weighted by molar-refractivity contribution is 0.0522. The molecule has 2 aromatic carbocycles. The molecule has 1 aliphatic rings. The maximum atomic E-state index is 11.9. The number of nitrogens with zero attached hydrogens (tertiary/aromatic N) is 1. The van der Waals surface area contributed by atoms with Crippen LogP contribution in [0, 0.1) is 0 Å². The molecule has 2 unspecified atom stereocenters. The summed E-state index contributed by atoms with van der Waals surface area (Å²) in [5.74, 6) is 0.721. The second kappa shape index (κ2) is 9.32. The van der Waals surface area contributed by atoms with Crippen molar-refractivity contribution >= 4 is 16.1 Å². The molecule has 7 heteroatoms. The van der Waals surface area contributed by atoms with Crippen molar-refractivity contribution in [2.45, 2.75) is 25.1 Å². The molecule has 0 amide bonds. The smallest absolute Gasteiger partial charge is 0.153 e. The normalized spacial score (nSPS) is 19.4. The SMILES string of the molecule is O=Cc1ccccc1OCC(O)CN(Cc1ccccc1)C1CCS(=O)(=O)C1. The predicted molar refractivity (Wildman–Crippen MR) is 107 cm³/mol. The van der Waals surface area contributed by atoms with Gasteiger partial charge in [0.25, 0.3) is 0 Å². The zero-order valence-electron chi connectivity index (χ0n) is 15.6. The first-order valence-electron chi connectivity index (χ1n) is 9.30. The Morgan fingerprint density at radius 3 is 2.54 bits per heavy atom. The fourth-order valence-electron chi connectivity index (χ4n) is 3.44. The summed E-state index contributed by atoms with van der Waals surface area (Å²) in [6.45, 7) is 0.872. The Labute approximate surface area is 165 Å². The van der Waals surface area contributed by atoms with Crippen LogP contribution in [0.1, 0.15) is 22.3 Å². The van der Waals surface area contributed by atoms with Gasteiger partial charge in [0.2, 0.25) is 0 Å². The number of sulfone groups is 1. The topological polar surface area (TPSA) is 83.9 Å². The molecule has 0 radical (unpaired) electrons. The maximum Gasteiger partial charge on any atom is 0.153 e. The first kappa shape index (κ1) is 20.5. The van der Waals surface area contributed by atoms with Gasteiger partial charge in [-0.15, -0.1) is 0 Å². The van der Waals surface area contributed by atoms with E-state index < -0.39 is 15.9 Å². The van der Waals surface area contributed by atoms with E-state index >= 15 is 0 Å². The number of aliphatic hydroxyl groups excluding tert-OH is 1. The van der Waals surface area contributed by atoms with Crippen LogP contribution in [0.5, 0.6) is 5.75 Å². The number of para-hydroxylation sites is 1. The number of benzene rings is 2. The minimum absolute atomic E-state index is 0.0234. The van der Waals surface area contributed by atoms with Gasteiger partial charge in [-0.1, -0.05) is 42.5 Å². The molecule has 1 aliphatic heterocycles. The highest BCUT2D eigenvalue weighted by Gasteiger charge is 2.33. The van der Waals surface area contributed by atoms with Crippen LogP contribution in [0.2, 0.25) is 0 Å². The van der Waals surface area contributed by atoms with Crippen LogP contribution in [0.25, 0.3) is 0 Å². The minimum atomic E-state index is -3.03. The number of carbonyl (C=O) groups is 1. The Hall–Kier alpha value is -2.22. The average molecular weight is 404 g/mol. The quantitative estimate of drug-likeness (QED) is 0.644.